The Balaban J connectivity index is 1.67. The van der Waals surface area contributed by atoms with Crippen LogP contribution >= 0.6 is 0 Å². The molecule has 0 saturated carbocycles. The van der Waals surface area contributed by atoms with Crippen LogP contribution in [-0.2, 0) is 6.18 Å². The van der Waals surface area contributed by atoms with E-state index in [1.54, 1.807) is 12.1 Å². The van der Waals surface area contributed by atoms with Crippen molar-refractivity contribution < 1.29 is 27.2 Å². The lowest BCUT2D eigenvalue weighted by Gasteiger charge is -2.24. The number of benzene rings is 3. The molecule has 3 aromatic rings. The maximum Gasteiger partial charge on any atom is 0.416 e. The first-order chi connectivity index (χ1) is 16.1. The molecule has 0 heterocycles. The fourth-order valence-corrected chi connectivity index (χ4v) is 3.03. The van der Waals surface area contributed by atoms with E-state index < -0.39 is 29.6 Å². The van der Waals surface area contributed by atoms with Crippen LogP contribution in [0.2, 0.25) is 0 Å². The van der Waals surface area contributed by atoms with Gasteiger partial charge in [0.1, 0.15) is 5.82 Å². The summed E-state index contributed by atoms with van der Waals surface area (Å²) in [5.74, 6) is -0.516. The molecular weight excluding hydrogens is 452 g/mol. The topological polar surface area (TPSA) is 73.5 Å². The molecule has 3 N–H and O–H groups in total. The molecule has 0 atom stereocenters. The van der Waals surface area contributed by atoms with Gasteiger partial charge in [-0.1, -0.05) is 23.8 Å². The van der Waals surface area contributed by atoms with Gasteiger partial charge in [0.25, 0.3) is 0 Å². The van der Waals surface area contributed by atoms with E-state index in [9.17, 15) is 27.2 Å². The summed E-state index contributed by atoms with van der Waals surface area (Å²) in [6.45, 7) is 1.90. The summed E-state index contributed by atoms with van der Waals surface area (Å²) in [7, 11) is 0. The summed E-state index contributed by atoms with van der Waals surface area (Å²) in [5, 5.41) is 7.68. The van der Waals surface area contributed by atoms with Crippen LogP contribution in [0.1, 0.15) is 11.1 Å². The number of carbonyl (C=O) groups excluding carboxylic acids is 2. The lowest BCUT2D eigenvalue weighted by atomic mass is 10.2. The molecule has 10 heteroatoms. The Labute approximate surface area is 193 Å². The number of aryl methyl sites for hydroxylation is 1. The zero-order chi connectivity index (χ0) is 24.7. The maximum absolute atomic E-state index is 13.4. The fourth-order valence-electron chi connectivity index (χ4n) is 3.03. The van der Waals surface area contributed by atoms with Crippen LogP contribution in [0.4, 0.5) is 44.2 Å². The zero-order valence-corrected chi connectivity index (χ0v) is 18.1. The average Bonchev–Trinajstić information content (AvgIpc) is 2.79. The second kappa shape index (κ2) is 10.7. The Morgan fingerprint density at radius 2 is 1.56 bits per heavy atom. The summed E-state index contributed by atoms with van der Waals surface area (Å²) in [6, 6.07) is 15.1. The molecule has 0 aromatic heterocycles. The van der Waals surface area contributed by atoms with E-state index in [1.807, 2.05) is 19.1 Å². The van der Waals surface area contributed by atoms with Gasteiger partial charge in [-0.25, -0.2) is 14.0 Å². The van der Waals surface area contributed by atoms with E-state index in [0.717, 1.165) is 29.8 Å². The molecule has 3 aromatic carbocycles. The monoisotopic (exact) mass is 474 g/mol. The summed E-state index contributed by atoms with van der Waals surface area (Å²) < 4.78 is 52.3. The van der Waals surface area contributed by atoms with Crippen molar-refractivity contribution in [1.82, 2.24) is 5.32 Å². The van der Waals surface area contributed by atoms with Crippen molar-refractivity contribution >= 4 is 29.1 Å². The first-order valence-corrected chi connectivity index (χ1v) is 10.2. The van der Waals surface area contributed by atoms with Crippen LogP contribution in [0.25, 0.3) is 0 Å². The molecule has 0 bridgehead atoms. The van der Waals surface area contributed by atoms with E-state index in [4.69, 9.17) is 0 Å². The number of alkyl halides is 3. The quantitative estimate of drug-likeness (QED) is 0.383. The number of carbonyl (C=O) groups is 2. The number of nitrogens with one attached hydrogen (secondary N) is 3. The molecule has 0 spiro atoms. The average molecular weight is 474 g/mol. The van der Waals surface area contributed by atoms with Crippen molar-refractivity contribution in [2.24, 2.45) is 0 Å². The number of nitrogens with zero attached hydrogens (tertiary/aromatic N) is 1. The summed E-state index contributed by atoms with van der Waals surface area (Å²) in [6.07, 6.45) is -4.56. The standard InChI is InChI=1S/C24H22F4N4O2/c1-16-5-9-19(10-6-16)30-22(33)29-13-14-32(21-11-7-18(25)8-12-21)23(34)31-20-4-2-3-17(15-20)24(26,27)28/h2-12,15H,13-14H2,1H3,(H,31,34)(H2,29,30,33). The summed E-state index contributed by atoms with van der Waals surface area (Å²) >= 11 is 0. The number of hydrogen-bond acceptors (Lipinski definition) is 2. The largest absolute Gasteiger partial charge is 0.416 e. The van der Waals surface area contributed by atoms with Gasteiger partial charge in [-0.05, 0) is 61.5 Å². The predicted molar refractivity (Wildman–Crippen MR) is 122 cm³/mol. The van der Waals surface area contributed by atoms with E-state index in [0.29, 0.717) is 11.4 Å². The van der Waals surface area contributed by atoms with Gasteiger partial charge in [0.15, 0.2) is 0 Å². The van der Waals surface area contributed by atoms with Crippen LogP contribution in [0.5, 0.6) is 0 Å². The van der Waals surface area contributed by atoms with Crippen LogP contribution in [0.15, 0.2) is 72.8 Å². The molecule has 34 heavy (non-hydrogen) atoms. The number of urea groups is 2. The smallest absolute Gasteiger partial charge is 0.336 e. The fraction of sp³-hybridized carbons (Fsp3) is 0.167. The molecular formula is C24H22F4N4O2. The van der Waals surface area contributed by atoms with Gasteiger partial charge in [-0.15, -0.1) is 0 Å². The molecule has 0 aliphatic rings. The Morgan fingerprint density at radius 3 is 2.21 bits per heavy atom. The van der Waals surface area contributed by atoms with Gasteiger partial charge in [-0.3, -0.25) is 4.90 Å². The van der Waals surface area contributed by atoms with Crippen molar-refractivity contribution in [1.29, 1.82) is 0 Å². The molecule has 3 rings (SSSR count). The number of anilines is 3. The van der Waals surface area contributed by atoms with Gasteiger partial charge in [0.2, 0.25) is 0 Å². The third-order valence-electron chi connectivity index (χ3n) is 4.76. The second-order valence-corrected chi connectivity index (χ2v) is 7.38. The van der Waals surface area contributed by atoms with Crippen LogP contribution < -0.4 is 20.9 Å². The molecule has 0 unspecified atom stereocenters. The van der Waals surface area contributed by atoms with Gasteiger partial charge in [0, 0.05) is 30.2 Å². The van der Waals surface area contributed by atoms with Gasteiger partial charge < -0.3 is 16.0 Å². The van der Waals surface area contributed by atoms with Crippen LogP contribution in [-0.4, -0.2) is 25.2 Å². The Bertz CT molecular complexity index is 1130. The molecule has 0 aliphatic carbocycles. The molecule has 0 radical (unpaired) electrons. The molecule has 4 amide bonds. The minimum Gasteiger partial charge on any atom is -0.336 e. The SMILES string of the molecule is Cc1ccc(NC(=O)NCCN(C(=O)Nc2cccc(C(F)(F)F)c2)c2ccc(F)cc2)cc1. The van der Waals surface area contributed by atoms with Crippen molar-refractivity contribution in [3.8, 4) is 0 Å². The molecule has 0 saturated heterocycles. The number of hydrogen-bond donors (Lipinski definition) is 3. The third-order valence-corrected chi connectivity index (χ3v) is 4.76. The van der Waals surface area contributed by atoms with Crippen molar-refractivity contribution in [2.45, 2.75) is 13.1 Å². The van der Waals surface area contributed by atoms with Crippen molar-refractivity contribution in [3.63, 3.8) is 0 Å². The molecule has 0 fully saturated rings. The third kappa shape index (κ3) is 6.96. The first-order valence-electron chi connectivity index (χ1n) is 10.2. The Kier molecular flexibility index (Phi) is 7.72. The molecule has 178 valence electrons. The highest BCUT2D eigenvalue weighted by Crippen LogP contribution is 2.30. The number of halogens is 4. The van der Waals surface area contributed by atoms with Crippen molar-refractivity contribution in [2.75, 3.05) is 28.6 Å². The van der Waals surface area contributed by atoms with Crippen molar-refractivity contribution in [3.05, 3.63) is 89.7 Å². The van der Waals surface area contributed by atoms with E-state index in [-0.39, 0.29) is 18.8 Å². The van der Waals surface area contributed by atoms with E-state index >= 15 is 0 Å². The van der Waals surface area contributed by atoms with Gasteiger partial charge in [0.05, 0.1) is 5.56 Å². The number of rotatable bonds is 6. The van der Waals surface area contributed by atoms with Gasteiger partial charge >= 0.3 is 18.2 Å². The summed E-state index contributed by atoms with van der Waals surface area (Å²) in [4.78, 5) is 26.2. The minimum atomic E-state index is -4.56. The minimum absolute atomic E-state index is 0.0189. The van der Waals surface area contributed by atoms with E-state index in [1.165, 1.54) is 29.2 Å². The number of amides is 4. The highest BCUT2D eigenvalue weighted by Gasteiger charge is 2.30. The maximum atomic E-state index is 13.4. The molecule has 6 nitrogen and oxygen atoms in total. The second-order valence-electron chi connectivity index (χ2n) is 7.38. The van der Waals surface area contributed by atoms with Crippen LogP contribution in [0.3, 0.4) is 0 Å². The lowest BCUT2D eigenvalue weighted by Crippen LogP contribution is -2.42. The summed E-state index contributed by atoms with van der Waals surface area (Å²) in [5.41, 5.74) is 0.949. The Hall–Kier alpha value is -4.08. The first kappa shape index (κ1) is 24.6. The lowest BCUT2D eigenvalue weighted by molar-refractivity contribution is -0.137. The molecule has 0 aliphatic heterocycles. The highest BCUT2D eigenvalue weighted by molar-refractivity contribution is 6.01. The van der Waals surface area contributed by atoms with Gasteiger partial charge in [-0.2, -0.15) is 13.2 Å². The predicted octanol–water partition coefficient (Wildman–Crippen LogP) is 6.01. The van der Waals surface area contributed by atoms with Crippen LogP contribution in [0, 0.1) is 12.7 Å². The van der Waals surface area contributed by atoms with E-state index in [2.05, 4.69) is 16.0 Å². The zero-order valence-electron chi connectivity index (χ0n) is 18.1. The Morgan fingerprint density at radius 1 is 0.882 bits per heavy atom. The highest BCUT2D eigenvalue weighted by atomic mass is 19.4. The normalized spacial score (nSPS) is 11.0.